The fourth-order valence-electron chi connectivity index (χ4n) is 4.98. The number of carboxylic acid groups (broad SMARTS) is 1. The Morgan fingerprint density at radius 2 is 2.04 bits per heavy atom. The van der Waals surface area contributed by atoms with E-state index in [1.807, 2.05) is 27.7 Å². The first-order valence-corrected chi connectivity index (χ1v) is 8.84. The molecule has 2 N–H and O–H groups in total. The zero-order valence-corrected chi connectivity index (χ0v) is 15.4. The molecule has 0 bridgehead atoms. The van der Waals surface area contributed by atoms with Crippen LogP contribution >= 0.6 is 0 Å². The molecule has 0 aromatic rings. The van der Waals surface area contributed by atoms with Crippen LogP contribution in [-0.4, -0.2) is 28.1 Å². The number of fused-ring (bicyclic) bond motifs is 1. The van der Waals surface area contributed by atoms with Crippen molar-refractivity contribution in [2.24, 2.45) is 22.7 Å². The van der Waals surface area contributed by atoms with Crippen molar-refractivity contribution < 1.29 is 19.8 Å². The molecule has 0 radical (unpaired) electrons. The number of hydrogen-bond donors (Lipinski definition) is 2. The number of allylic oxidation sites excluding steroid dienone is 2. The summed E-state index contributed by atoms with van der Waals surface area (Å²) >= 11 is 0. The van der Waals surface area contributed by atoms with Gasteiger partial charge in [0.2, 0.25) is 0 Å². The highest BCUT2D eigenvalue weighted by Gasteiger charge is 2.60. The monoisotopic (exact) mass is 334 g/mol. The molecule has 1 fully saturated rings. The molecule has 4 nitrogen and oxygen atoms in total. The largest absolute Gasteiger partial charge is 0.478 e. The standard InChI is InChI=1S/C20H30O4/c1-12(11-16(21)22)9-10-19(4)14(3)17(23)18(24)20(5)13(2)7-6-8-15(19)20/h7,11,14-15,18,24H,6,8-10H2,1-5H3,(H,21,22)/b12-11+/t14-,15-,18+,19+,20+/m1/s1. The van der Waals surface area contributed by atoms with E-state index < -0.39 is 17.5 Å². The number of aliphatic hydroxyl groups is 1. The topological polar surface area (TPSA) is 74.6 Å². The van der Waals surface area contributed by atoms with Gasteiger partial charge in [0.15, 0.2) is 5.78 Å². The first-order chi connectivity index (χ1) is 11.0. The third-order valence-corrected chi connectivity index (χ3v) is 6.96. The minimum atomic E-state index is -0.946. The van der Waals surface area contributed by atoms with Gasteiger partial charge in [0, 0.05) is 17.4 Å². The maximum Gasteiger partial charge on any atom is 0.328 e. The highest BCUT2D eigenvalue weighted by Crippen LogP contribution is 2.60. The molecule has 5 atom stereocenters. The molecule has 0 aromatic carbocycles. The van der Waals surface area contributed by atoms with E-state index in [2.05, 4.69) is 13.0 Å². The highest BCUT2D eigenvalue weighted by molar-refractivity contribution is 5.88. The second-order valence-corrected chi connectivity index (χ2v) is 8.16. The zero-order chi connectivity index (χ0) is 18.3. The summed E-state index contributed by atoms with van der Waals surface area (Å²) in [6.07, 6.45) is 5.80. The van der Waals surface area contributed by atoms with Gasteiger partial charge in [0.25, 0.3) is 0 Å². The van der Waals surface area contributed by atoms with E-state index in [1.54, 1.807) is 0 Å². The van der Waals surface area contributed by atoms with Crippen LogP contribution in [0.3, 0.4) is 0 Å². The van der Waals surface area contributed by atoms with E-state index in [-0.39, 0.29) is 23.0 Å². The lowest BCUT2D eigenvalue weighted by Gasteiger charge is -2.59. The molecule has 0 spiro atoms. The second kappa shape index (κ2) is 6.47. The zero-order valence-electron chi connectivity index (χ0n) is 15.4. The Kier molecular flexibility index (Phi) is 5.10. The number of carbonyl (C=O) groups excluding carboxylic acids is 1. The Morgan fingerprint density at radius 1 is 1.42 bits per heavy atom. The van der Waals surface area contributed by atoms with Crippen LogP contribution in [0.4, 0.5) is 0 Å². The Morgan fingerprint density at radius 3 is 2.62 bits per heavy atom. The minimum absolute atomic E-state index is 0.0780. The van der Waals surface area contributed by atoms with Crippen LogP contribution in [0.1, 0.15) is 60.3 Å². The van der Waals surface area contributed by atoms with E-state index in [0.717, 1.165) is 30.4 Å². The van der Waals surface area contributed by atoms with Crippen LogP contribution in [0.25, 0.3) is 0 Å². The summed E-state index contributed by atoms with van der Waals surface area (Å²) in [6, 6.07) is 0. The number of Topliss-reactive ketones (excluding diaryl/α,β-unsaturated/α-hetero) is 1. The number of carboxylic acids is 1. The summed E-state index contributed by atoms with van der Waals surface area (Å²) < 4.78 is 0. The summed E-state index contributed by atoms with van der Waals surface area (Å²) in [6.45, 7) is 9.95. The second-order valence-electron chi connectivity index (χ2n) is 8.16. The van der Waals surface area contributed by atoms with Gasteiger partial charge in [-0.05, 0) is 50.9 Å². The number of aliphatic carboxylic acids is 1. The number of hydrogen-bond acceptors (Lipinski definition) is 3. The van der Waals surface area contributed by atoms with Gasteiger partial charge >= 0.3 is 5.97 Å². The number of carbonyl (C=O) groups is 2. The van der Waals surface area contributed by atoms with E-state index in [1.165, 1.54) is 6.08 Å². The van der Waals surface area contributed by atoms with Crippen LogP contribution in [0.15, 0.2) is 23.3 Å². The van der Waals surface area contributed by atoms with Gasteiger partial charge in [-0.2, -0.15) is 0 Å². The number of aliphatic hydroxyl groups excluding tert-OH is 1. The van der Waals surface area contributed by atoms with Crippen molar-refractivity contribution in [3.63, 3.8) is 0 Å². The molecule has 0 aromatic heterocycles. The van der Waals surface area contributed by atoms with Gasteiger partial charge in [-0.1, -0.05) is 38.0 Å². The van der Waals surface area contributed by atoms with Crippen LogP contribution < -0.4 is 0 Å². The Balaban J connectivity index is 2.38. The summed E-state index contributed by atoms with van der Waals surface area (Å²) in [5, 5.41) is 19.6. The van der Waals surface area contributed by atoms with Crippen molar-refractivity contribution in [1.82, 2.24) is 0 Å². The van der Waals surface area contributed by atoms with Gasteiger partial charge in [0.1, 0.15) is 6.10 Å². The molecule has 2 rings (SSSR count). The highest BCUT2D eigenvalue weighted by atomic mass is 16.4. The maximum atomic E-state index is 12.8. The Hall–Kier alpha value is -1.42. The Bertz CT molecular complexity index is 603. The fraction of sp³-hybridized carbons (Fsp3) is 0.700. The normalized spacial score (nSPS) is 40.1. The molecule has 134 valence electrons. The summed E-state index contributed by atoms with van der Waals surface area (Å²) in [5.74, 6) is -1.02. The van der Waals surface area contributed by atoms with E-state index in [9.17, 15) is 14.7 Å². The first-order valence-electron chi connectivity index (χ1n) is 8.84. The lowest BCUT2D eigenvalue weighted by molar-refractivity contribution is -0.165. The van der Waals surface area contributed by atoms with Gasteiger partial charge in [-0.25, -0.2) is 4.79 Å². The summed E-state index contributed by atoms with van der Waals surface area (Å²) in [4.78, 5) is 23.6. The molecule has 0 aliphatic heterocycles. The van der Waals surface area contributed by atoms with Crippen LogP contribution in [0.2, 0.25) is 0 Å². The summed E-state index contributed by atoms with van der Waals surface area (Å²) in [5.41, 5.74) is 1.17. The van der Waals surface area contributed by atoms with Crippen LogP contribution in [-0.2, 0) is 9.59 Å². The molecule has 2 aliphatic carbocycles. The molecular formula is C20H30O4. The van der Waals surface area contributed by atoms with Crippen molar-refractivity contribution in [3.05, 3.63) is 23.3 Å². The Labute approximate surface area is 144 Å². The maximum absolute atomic E-state index is 12.8. The molecule has 24 heavy (non-hydrogen) atoms. The minimum Gasteiger partial charge on any atom is -0.478 e. The molecule has 0 heterocycles. The van der Waals surface area contributed by atoms with Gasteiger partial charge in [-0.3, -0.25) is 4.79 Å². The third kappa shape index (κ3) is 2.85. The number of rotatable bonds is 4. The average molecular weight is 334 g/mol. The molecule has 4 heteroatoms. The first kappa shape index (κ1) is 18.9. The van der Waals surface area contributed by atoms with Crippen LogP contribution in [0.5, 0.6) is 0 Å². The van der Waals surface area contributed by atoms with E-state index in [0.29, 0.717) is 6.42 Å². The molecule has 0 amide bonds. The van der Waals surface area contributed by atoms with Gasteiger partial charge in [-0.15, -0.1) is 0 Å². The van der Waals surface area contributed by atoms with Gasteiger partial charge in [0.05, 0.1) is 0 Å². The predicted molar refractivity (Wildman–Crippen MR) is 93.5 cm³/mol. The van der Waals surface area contributed by atoms with Crippen molar-refractivity contribution in [2.75, 3.05) is 0 Å². The van der Waals surface area contributed by atoms with Crippen LogP contribution in [0, 0.1) is 22.7 Å². The quantitative estimate of drug-likeness (QED) is 0.606. The van der Waals surface area contributed by atoms with E-state index in [4.69, 9.17) is 5.11 Å². The number of ketones is 1. The van der Waals surface area contributed by atoms with E-state index >= 15 is 0 Å². The molecule has 2 aliphatic rings. The average Bonchev–Trinajstić information content (AvgIpc) is 2.51. The molecule has 0 saturated heterocycles. The summed E-state index contributed by atoms with van der Waals surface area (Å²) in [7, 11) is 0. The lowest BCUT2D eigenvalue weighted by Crippen LogP contribution is -2.61. The smallest absolute Gasteiger partial charge is 0.328 e. The lowest BCUT2D eigenvalue weighted by atomic mass is 9.45. The SMILES string of the molecule is CC1=CCC[C@@H]2[C@@](C)(CC/C(C)=C/C(=O)O)[C@H](C)C(=O)[C@H](O)[C@@]12C. The molecule has 0 unspecified atom stereocenters. The van der Waals surface area contributed by atoms with Gasteiger partial charge < -0.3 is 10.2 Å². The molecule has 1 saturated carbocycles. The van der Waals surface area contributed by atoms with Crippen molar-refractivity contribution in [3.8, 4) is 0 Å². The predicted octanol–water partition coefficient (Wildman–Crippen LogP) is 3.75. The molecular weight excluding hydrogens is 304 g/mol. The fourth-order valence-corrected chi connectivity index (χ4v) is 4.98. The van der Waals surface area contributed by atoms with Crippen molar-refractivity contribution >= 4 is 11.8 Å². The van der Waals surface area contributed by atoms with Crippen molar-refractivity contribution in [1.29, 1.82) is 0 Å². The van der Waals surface area contributed by atoms with Crippen molar-refractivity contribution in [2.45, 2.75) is 66.4 Å². The third-order valence-electron chi connectivity index (χ3n) is 6.96.